The first-order valence-corrected chi connectivity index (χ1v) is 8.02. The van der Waals surface area contributed by atoms with Gasteiger partial charge in [0.2, 0.25) is 0 Å². The number of likely N-dealkylation sites (N-methyl/N-ethyl adjacent to an activating group) is 1. The van der Waals surface area contributed by atoms with Gasteiger partial charge in [-0.25, -0.2) is 0 Å². The second-order valence-corrected chi connectivity index (χ2v) is 6.06. The Kier molecular flexibility index (Phi) is 3.74. The van der Waals surface area contributed by atoms with E-state index in [1.54, 1.807) is 0 Å². The van der Waals surface area contributed by atoms with Crippen LogP contribution >= 0.6 is 12.6 Å². The Bertz CT molecular complexity index is 664. The van der Waals surface area contributed by atoms with Gasteiger partial charge in [0, 0.05) is 36.3 Å². The summed E-state index contributed by atoms with van der Waals surface area (Å²) in [4.78, 5) is 7.42. The fraction of sp³-hybridized carbons (Fsp3) is 0.471. The van der Waals surface area contributed by atoms with Crippen LogP contribution in [-0.2, 0) is 18.7 Å². The molecule has 0 bridgehead atoms. The van der Waals surface area contributed by atoms with Crippen LogP contribution in [0.25, 0.3) is 10.9 Å². The van der Waals surface area contributed by atoms with E-state index in [9.17, 15) is 0 Å². The third kappa shape index (κ3) is 2.23. The highest BCUT2D eigenvalue weighted by Crippen LogP contribution is 2.30. The van der Waals surface area contributed by atoms with Gasteiger partial charge in [0.1, 0.15) is 0 Å². The van der Waals surface area contributed by atoms with E-state index in [1.807, 2.05) is 0 Å². The number of aryl methyl sites for hydroxylation is 2. The van der Waals surface area contributed by atoms with Crippen LogP contribution in [0.3, 0.4) is 0 Å². The molecule has 0 saturated heterocycles. The molecular weight excluding hydrogens is 264 g/mol. The van der Waals surface area contributed by atoms with Crippen LogP contribution < -0.4 is 0 Å². The molecule has 1 aromatic heterocycles. The zero-order chi connectivity index (χ0) is 14.3. The quantitative estimate of drug-likeness (QED) is 0.848. The number of pyridine rings is 1. The van der Waals surface area contributed by atoms with E-state index in [1.165, 1.54) is 33.3 Å². The fourth-order valence-corrected chi connectivity index (χ4v) is 3.46. The van der Waals surface area contributed by atoms with E-state index in [-0.39, 0.29) is 0 Å². The smallest absolute Gasteiger partial charge is 0.0711 e. The molecule has 0 atom stereocenters. The topological polar surface area (TPSA) is 16.1 Å². The van der Waals surface area contributed by atoms with E-state index in [2.05, 4.69) is 50.4 Å². The average Bonchev–Trinajstić information content (AvgIpc) is 2.46. The maximum Gasteiger partial charge on any atom is 0.0711 e. The van der Waals surface area contributed by atoms with Crippen molar-refractivity contribution < 1.29 is 0 Å². The van der Waals surface area contributed by atoms with Gasteiger partial charge in [-0.1, -0.05) is 6.92 Å². The third-order valence-electron chi connectivity index (χ3n) is 4.56. The molecule has 2 nitrogen and oxygen atoms in total. The normalized spacial score (nSPS) is 15.6. The van der Waals surface area contributed by atoms with Crippen molar-refractivity contribution in [3.8, 4) is 0 Å². The van der Waals surface area contributed by atoms with Gasteiger partial charge >= 0.3 is 0 Å². The Hall–Kier alpha value is -1.06. The molecule has 0 aliphatic carbocycles. The van der Waals surface area contributed by atoms with Crippen LogP contribution in [0.1, 0.15) is 34.9 Å². The third-order valence-corrected chi connectivity index (χ3v) is 4.87. The van der Waals surface area contributed by atoms with Crippen LogP contribution in [0.4, 0.5) is 0 Å². The Balaban J connectivity index is 2.25. The zero-order valence-corrected chi connectivity index (χ0v) is 13.4. The van der Waals surface area contributed by atoms with Crippen LogP contribution in [0.2, 0.25) is 0 Å². The SMILES string of the molecule is CCN1CCc2nc3cc(C)c(C)cc3c(CS)c2C1. The fourth-order valence-electron chi connectivity index (χ4n) is 3.10. The van der Waals surface area contributed by atoms with Crippen molar-refractivity contribution in [3.63, 3.8) is 0 Å². The van der Waals surface area contributed by atoms with Gasteiger partial charge in [-0.15, -0.1) is 0 Å². The molecular formula is C17H22N2S. The Morgan fingerprint density at radius 3 is 2.70 bits per heavy atom. The highest BCUT2D eigenvalue weighted by molar-refractivity contribution is 7.79. The Morgan fingerprint density at radius 2 is 2.00 bits per heavy atom. The first kappa shape index (κ1) is 13.9. The summed E-state index contributed by atoms with van der Waals surface area (Å²) in [6, 6.07) is 4.51. The number of aromatic nitrogens is 1. The first-order chi connectivity index (χ1) is 9.63. The monoisotopic (exact) mass is 286 g/mol. The number of hydrogen-bond donors (Lipinski definition) is 1. The van der Waals surface area contributed by atoms with Gasteiger partial charge in [0.05, 0.1) is 5.52 Å². The summed E-state index contributed by atoms with van der Waals surface area (Å²) in [5, 5.41) is 1.29. The lowest BCUT2D eigenvalue weighted by Gasteiger charge is -2.29. The molecule has 0 spiro atoms. The predicted octanol–water partition coefficient (Wildman–Crippen LogP) is 3.66. The summed E-state index contributed by atoms with van der Waals surface area (Å²) >= 11 is 4.59. The lowest BCUT2D eigenvalue weighted by atomic mass is 9.95. The Morgan fingerprint density at radius 1 is 1.25 bits per heavy atom. The van der Waals surface area contributed by atoms with Gasteiger partial charge in [-0.3, -0.25) is 9.88 Å². The number of hydrogen-bond acceptors (Lipinski definition) is 3. The van der Waals surface area contributed by atoms with E-state index in [4.69, 9.17) is 4.98 Å². The van der Waals surface area contributed by atoms with Crippen LogP contribution in [0, 0.1) is 13.8 Å². The molecule has 106 valence electrons. The lowest BCUT2D eigenvalue weighted by molar-refractivity contribution is 0.265. The second-order valence-electron chi connectivity index (χ2n) is 5.75. The summed E-state index contributed by atoms with van der Waals surface area (Å²) < 4.78 is 0. The molecule has 2 heterocycles. The number of rotatable bonds is 2. The van der Waals surface area contributed by atoms with Crippen molar-refractivity contribution in [3.05, 3.63) is 40.1 Å². The van der Waals surface area contributed by atoms with Gasteiger partial charge in [0.15, 0.2) is 0 Å². The van der Waals surface area contributed by atoms with Crippen LogP contribution in [0.5, 0.6) is 0 Å². The van der Waals surface area contributed by atoms with Crippen molar-refractivity contribution in [1.29, 1.82) is 0 Å². The number of benzene rings is 1. The molecule has 0 fully saturated rings. The predicted molar refractivity (Wildman–Crippen MR) is 88.6 cm³/mol. The van der Waals surface area contributed by atoms with Gasteiger partial charge in [-0.2, -0.15) is 12.6 Å². The van der Waals surface area contributed by atoms with Gasteiger partial charge in [0.25, 0.3) is 0 Å². The molecule has 1 aliphatic heterocycles. The lowest BCUT2D eigenvalue weighted by Crippen LogP contribution is -2.31. The molecule has 0 radical (unpaired) electrons. The summed E-state index contributed by atoms with van der Waals surface area (Å²) in [7, 11) is 0. The maximum absolute atomic E-state index is 4.93. The Labute approximate surface area is 126 Å². The molecule has 0 amide bonds. The van der Waals surface area contributed by atoms with E-state index in [0.717, 1.165) is 37.3 Å². The summed E-state index contributed by atoms with van der Waals surface area (Å²) in [5.41, 5.74) is 7.89. The maximum atomic E-state index is 4.93. The van der Waals surface area contributed by atoms with Crippen molar-refractivity contribution >= 4 is 23.5 Å². The molecule has 3 heteroatoms. The summed E-state index contributed by atoms with van der Waals surface area (Å²) in [6.07, 6.45) is 1.06. The molecule has 1 aromatic carbocycles. The van der Waals surface area contributed by atoms with Gasteiger partial charge < -0.3 is 0 Å². The largest absolute Gasteiger partial charge is 0.299 e. The minimum absolute atomic E-state index is 0.793. The van der Waals surface area contributed by atoms with Crippen molar-refractivity contribution in [2.24, 2.45) is 0 Å². The van der Waals surface area contributed by atoms with Crippen LogP contribution in [-0.4, -0.2) is 23.0 Å². The average molecular weight is 286 g/mol. The molecule has 0 saturated carbocycles. The minimum Gasteiger partial charge on any atom is -0.299 e. The number of fused-ring (bicyclic) bond motifs is 2. The first-order valence-electron chi connectivity index (χ1n) is 7.38. The summed E-state index contributed by atoms with van der Waals surface area (Å²) in [6.45, 7) is 9.82. The van der Waals surface area contributed by atoms with Gasteiger partial charge in [-0.05, 0) is 54.8 Å². The number of nitrogens with zero attached hydrogens (tertiary/aromatic N) is 2. The highest BCUT2D eigenvalue weighted by atomic mass is 32.1. The number of thiol groups is 1. The zero-order valence-electron chi connectivity index (χ0n) is 12.5. The molecule has 1 aliphatic rings. The summed E-state index contributed by atoms with van der Waals surface area (Å²) in [5.74, 6) is 0.793. The van der Waals surface area contributed by atoms with Crippen molar-refractivity contribution in [2.45, 2.75) is 39.5 Å². The van der Waals surface area contributed by atoms with E-state index < -0.39 is 0 Å². The van der Waals surface area contributed by atoms with Crippen molar-refractivity contribution in [1.82, 2.24) is 9.88 Å². The molecule has 0 N–H and O–H groups in total. The highest BCUT2D eigenvalue weighted by Gasteiger charge is 2.21. The second kappa shape index (κ2) is 5.38. The van der Waals surface area contributed by atoms with E-state index in [0.29, 0.717) is 0 Å². The molecule has 2 aromatic rings. The standard InChI is InChI=1S/C17H22N2S/c1-4-19-6-5-16-14(9-19)15(10-20)13-7-11(2)12(3)8-17(13)18-16/h7-8,20H,4-6,9-10H2,1-3H3. The van der Waals surface area contributed by atoms with Crippen molar-refractivity contribution in [2.75, 3.05) is 13.1 Å². The van der Waals surface area contributed by atoms with Crippen LogP contribution in [0.15, 0.2) is 12.1 Å². The molecule has 3 rings (SSSR count). The molecule has 20 heavy (non-hydrogen) atoms. The van der Waals surface area contributed by atoms with E-state index >= 15 is 0 Å². The molecule has 0 unspecified atom stereocenters. The minimum atomic E-state index is 0.793.